The first kappa shape index (κ1) is 20.5. The number of carboxylic acids is 1. The third-order valence-corrected chi connectivity index (χ3v) is 5.76. The standard InChI is InChI=1S/C20H13IO7.Na.H/c21-13-5-16-19(28-8-27-16)18-11(13)4-10(20(23)24)12(6-22)17(18)9-1-2-14-15(3-9)26-7-25-14;;/h1-5,22H,6-8H2,(H,23,24);;/q;+1;-1. The molecule has 0 saturated heterocycles. The number of hydrogen-bond donors (Lipinski definition) is 2. The van der Waals surface area contributed by atoms with E-state index in [1.165, 1.54) is 0 Å². The number of carbonyl (C=O) groups is 1. The summed E-state index contributed by atoms with van der Waals surface area (Å²) >= 11 is 2.15. The average molecular weight is 516 g/mol. The van der Waals surface area contributed by atoms with E-state index in [-0.39, 0.29) is 50.1 Å². The van der Waals surface area contributed by atoms with E-state index < -0.39 is 12.6 Å². The Morgan fingerprint density at radius 2 is 1.76 bits per heavy atom. The van der Waals surface area contributed by atoms with Crippen molar-refractivity contribution in [3.8, 4) is 34.1 Å². The smallest absolute Gasteiger partial charge is 1.00 e. The van der Waals surface area contributed by atoms with E-state index in [4.69, 9.17) is 18.9 Å². The summed E-state index contributed by atoms with van der Waals surface area (Å²) in [6, 6.07) is 8.75. The van der Waals surface area contributed by atoms with Crippen LogP contribution in [0.4, 0.5) is 0 Å². The van der Waals surface area contributed by atoms with Crippen LogP contribution in [-0.2, 0) is 6.61 Å². The van der Waals surface area contributed by atoms with Crippen LogP contribution in [0.1, 0.15) is 17.3 Å². The first-order valence-electron chi connectivity index (χ1n) is 8.40. The van der Waals surface area contributed by atoms with Gasteiger partial charge in [-0.1, -0.05) is 6.07 Å². The minimum atomic E-state index is -1.11. The SMILES string of the molecule is O=C(O)c1cc2c(I)cc3c(c2c(-c2ccc4c(c2)OCO4)c1CO)OCO3.[H-].[Na+]. The summed E-state index contributed by atoms with van der Waals surface area (Å²) in [5.41, 5.74) is 1.62. The van der Waals surface area contributed by atoms with E-state index in [9.17, 15) is 15.0 Å². The van der Waals surface area contributed by atoms with Crippen LogP contribution in [-0.4, -0.2) is 29.8 Å². The van der Waals surface area contributed by atoms with Crippen molar-refractivity contribution in [3.05, 3.63) is 45.0 Å². The van der Waals surface area contributed by atoms with Gasteiger partial charge in [-0.05, 0) is 58.0 Å². The Kier molecular flexibility index (Phi) is 5.56. The van der Waals surface area contributed by atoms with Gasteiger partial charge in [-0.3, -0.25) is 0 Å². The third-order valence-electron chi connectivity index (χ3n) is 4.87. The normalized spacial score (nSPS) is 13.4. The molecular weight excluding hydrogens is 502 g/mol. The van der Waals surface area contributed by atoms with E-state index in [1.807, 2.05) is 12.1 Å². The molecule has 5 rings (SSSR count). The minimum absolute atomic E-state index is 0. The molecule has 0 bridgehead atoms. The molecule has 9 heteroatoms. The summed E-state index contributed by atoms with van der Waals surface area (Å²) in [5, 5.41) is 21.3. The molecule has 0 spiro atoms. The second-order valence-corrected chi connectivity index (χ2v) is 7.49. The number of ether oxygens (including phenoxy) is 4. The molecular formula is C20H14INaO7. The molecule has 3 aromatic rings. The maximum absolute atomic E-state index is 11.9. The predicted octanol–water partition coefficient (Wildman–Crippen LogP) is 0.876. The quantitative estimate of drug-likeness (QED) is 0.395. The second kappa shape index (κ2) is 7.84. The Morgan fingerprint density at radius 1 is 1.03 bits per heavy atom. The van der Waals surface area contributed by atoms with Crippen LogP contribution in [0.15, 0.2) is 30.3 Å². The molecule has 3 aromatic carbocycles. The Morgan fingerprint density at radius 3 is 2.52 bits per heavy atom. The summed E-state index contributed by atoms with van der Waals surface area (Å²) < 4.78 is 22.9. The van der Waals surface area contributed by atoms with Gasteiger partial charge in [0, 0.05) is 19.9 Å². The number of aliphatic hydroxyl groups is 1. The van der Waals surface area contributed by atoms with Crippen molar-refractivity contribution in [1.29, 1.82) is 0 Å². The Balaban J connectivity index is 0.00000128. The zero-order chi connectivity index (χ0) is 19.4. The predicted molar refractivity (Wildman–Crippen MR) is 108 cm³/mol. The van der Waals surface area contributed by atoms with Crippen LogP contribution in [0.2, 0.25) is 0 Å². The third kappa shape index (κ3) is 3.23. The van der Waals surface area contributed by atoms with Gasteiger partial charge >= 0.3 is 35.5 Å². The largest absolute Gasteiger partial charge is 1.00 e. The number of rotatable bonds is 3. The minimum Gasteiger partial charge on any atom is -1.00 e. The fraction of sp³-hybridized carbons (Fsp3) is 0.150. The summed E-state index contributed by atoms with van der Waals surface area (Å²) in [4.78, 5) is 11.9. The Hall–Kier alpha value is -1.72. The molecule has 0 aromatic heterocycles. The molecule has 29 heavy (non-hydrogen) atoms. The molecule has 2 N–H and O–H groups in total. The number of hydrogen-bond acceptors (Lipinski definition) is 6. The number of carboxylic acid groups (broad SMARTS) is 1. The topological polar surface area (TPSA) is 94.5 Å². The molecule has 7 nitrogen and oxygen atoms in total. The van der Waals surface area contributed by atoms with Gasteiger partial charge < -0.3 is 30.6 Å². The van der Waals surface area contributed by atoms with Gasteiger partial charge in [0.25, 0.3) is 0 Å². The Bertz CT molecular complexity index is 1170. The molecule has 0 unspecified atom stereocenters. The fourth-order valence-electron chi connectivity index (χ4n) is 3.66. The van der Waals surface area contributed by atoms with Crippen molar-refractivity contribution in [2.45, 2.75) is 6.61 Å². The van der Waals surface area contributed by atoms with E-state index in [0.717, 1.165) is 3.57 Å². The molecule has 0 radical (unpaired) electrons. The molecule has 0 aliphatic carbocycles. The Labute approximate surface area is 202 Å². The van der Waals surface area contributed by atoms with Gasteiger partial charge in [-0.25, -0.2) is 4.79 Å². The van der Waals surface area contributed by atoms with Gasteiger partial charge in [-0.2, -0.15) is 0 Å². The molecule has 2 heterocycles. The van der Waals surface area contributed by atoms with Gasteiger partial charge in [0.05, 0.1) is 12.2 Å². The zero-order valence-corrected chi connectivity index (χ0v) is 19.5. The number of aromatic carboxylic acids is 1. The van der Waals surface area contributed by atoms with Gasteiger partial charge in [0.1, 0.15) is 0 Å². The molecule has 0 fully saturated rings. The van der Waals surface area contributed by atoms with E-state index >= 15 is 0 Å². The van der Waals surface area contributed by atoms with Crippen molar-refractivity contribution < 1.29 is 64.9 Å². The summed E-state index contributed by atoms with van der Waals surface area (Å²) in [5.74, 6) is 1.20. The van der Waals surface area contributed by atoms with E-state index in [0.29, 0.717) is 50.5 Å². The van der Waals surface area contributed by atoms with Crippen LogP contribution in [0, 0.1) is 3.57 Å². The molecule has 0 saturated carbocycles. The molecule has 0 amide bonds. The second-order valence-electron chi connectivity index (χ2n) is 6.32. The zero-order valence-electron chi connectivity index (χ0n) is 16.3. The first-order chi connectivity index (χ1) is 13.6. The fourth-order valence-corrected chi connectivity index (χ4v) is 4.37. The summed E-state index contributed by atoms with van der Waals surface area (Å²) in [7, 11) is 0. The number of aliphatic hydroxyl groups excluding tert-OH is 1. The van der Waals surface area contributed by atoms with Crippen molar-refractivity contribution in [3.63, 3.8) is 0 Å². The molecule has 144 valence electrons. The van der Waals surface area contributed by atoms with E-state index in [1.54, 1.807) is 18.2 Å². The maximum Gasteiger partial charge on any atom is 1.00 e. The van der Waals surface area contributed by atoms with Crippen molar-refractivity contribution >= 4 is 39.3 Å². The summed E-state index contributed by atoms with van der Waals surface area (Å²) in [6.45, 7) is -0.228. The number of halogens is 1. The van der Waals surface area contributed by atoms with Crippen LogP contribution < -0.4 is 48.5 Å². The van der Waals surface area contributed by atoms with Crippen molar-refractivity contribution in [1.82, 2.24) is 0 Å². The van der Waals surface area contributed by atoms with Crippen molar-refractivity contribution in [2.75, 3.05) is 13.6 Å². The molecule has 2 aliphatic rings. The average Bonchev–Trinajstić information content (AvgIpc) is 3.34. The van der Waals surface area contributed by atoms with Gasteiger partial charge in [0.2, 0.25) is 13.6 Å². The van der Waals surface area contributed by atoms with Crippen LogP contribution >= 0.6 is 22.6 Å². The number of fused-ring (bicyclic) bond motifs is 4. The van der Waals surface area contributed by atoms with Crippen LogP contribution in [0.3, 0.4) is 0 Å². The number of benzene rings is 3. The van der Waals surface area contributed by atoms with Crippen LogP contribution in [0.5, 0.6) is 23.0 Å². The van der Waals surface area contributed by atoms with Crippen LogP contribution in [0.25, 0.3) is 21.9 Å². The van der Waals surface area contributed by atoms with Gasteiger partial charge in [-0.15, -0.1) is 0 Å². The summed E-state index contributed by atoms with van der Waals surface area (Å²) in [6.07, 6.45) is 0. The van der Waals surface area contributed by atoms with E-state index in [2.05, 4.69) is 22.6 Å². The maximum atomic E-state index is 11.9. The molecule has 2 aliphatic heterocycles. The van der Waals surface area contributed by atoms with Gasteiger partial charge in [0.15, 0.2) is 23.0 Å². The monoisotopic (exact) mass is 516 g/mol. The van der Waals surface area contributed by atoms with Crippen molar-refractivity contribution in [2.24, 2.45) is 0 Å². The first-order valence-corrected chi connectivity index (χ1v) is 9.48. The molecule has 0 atom stereocenters.